The fourth-order valence-electron chi connectivity index (χ4n) is 2.60. The van der Waals surface area contributed by atoms with Crippen molar-refractivity contribution in [3.05, 3.63) is 53.3 Å². The molecule has 0 atom stereocenters. The fraction of sp³-hybridized carbons (Fsp3) is 0.211. The van der Waals surface area contributed by atoms with Gasteiger partial charge in [0.05, 0.1) is 14.2 Å². The van der Waals surface area contributed by atoms with Gasteiger partial charge in [0, 0.05) is 24.2 Å². The summed E-state index contributed by atoms with van der Waals surface area (Å²) in [5.74, 6) is 2.07. The molecule has 3 aromatic rings. The number of amides is 1. The monoisotopic (exact) mass is 384 g/mol. The first-order chi connectivity index (χ1) is 13.1. The smallest absolute Gasteiger partial charge is 0.226 e. The van der Waals surface area contributed by atoms with Crippen molar-refractivity contribution in [2.24, 2.45) is 0 Å². The van der Waals surface area contributed by atoms with Crippen LogP contribution >= 0.6 is 12.2 Å². The van der Waals surface area contributed by atoms with Crippen molar-refractivity contribution in [2.75, 3.05) is 19.5 Å². The van der Waals surface area contributed by atoms with E-state index >= 15 is 0 Å². The molecule has 0 radical (unpaired) electrons. The van der Waals surface area contributed by atoms with Crippen LogP contribution in [0.4, 0.5) is 5.69 Å². The lowest BCUT2D eigenvalue weighted by Crippen LogP contribution is -2.15. The fourth-order valence-corrected chi connectivity index (χ4v) is 2.82. The summed E-state index contributed by atoms with van der Waals surface area (Å²) in [5, 5.41) is 9.93. The van der Waals surface area contributed by atoms with Crippen LogP contribution in [0.3, 0.4) is 0 Å². The van der Waals surface area contributed by atoms with Crippen LogP contribution in [-0.4, -0.2) is 34.9 Å². The standard InChI is InChI=1S/C19H20N4O3S/c1-25-15-7-3-13(4-8-15)18-21-22-19(27)23(18)12-11-17(24)20-14-5-9-16(26-2)10-6-14/h3-10H,11-12H2,1-2H3,(H,20,24)(H,22,27). The summed E-state index contributed by atoms with van der Waals surface area (Å²) < 4.78 is 12.6. The van der Waals surface area contributed by atoms with Crippen molar-refractivity contribution >= 4 is 23.8 Å². The molecule has 0 saturated heterocycles. The van der Waals surface area contributed by atoms with E-state index in [2.05, 4.69) is 15.5 Å². The summed E-state index contributed by atoms with van der Waals surface area (Å²) in [6, 6.07) is 14.7. The highest BCUT2D eigenvalue weighted by molar-refractivity contribution is 7.71. The number of nitrogens with zero attached hydrogens (tertiary/aromatic N) is 2. The Kier molecular flexibility index (Phi) is 5.87. The van der Waals surface area contributed by atoms with Gasteiger partial charge in [-0.25, -0.2) is 0 Å². The van der Waals surface area contributed by atoms with Gasteiger partial charge in [-0.2, -0.15) is 5.10 Å². The average molecular weight is 384 g/mol. The molecule has 0 fully saturated rings. The number of aromatic nitrogens is 3. The van der Waals surface area contributed by atoms with Crippen LogP contribution in [0.5, 0.6) is 11.5 Å². The summed E-state index contributed by atoms with van der Waals surface area (Å²) in [4.78, 5) is 12.3. The van der Waals surface area contributed by atoms with Gasteiger partial charge in [0.1, 0.15) is 11.5 Å². The van der Waals surface area contributed by atoms with E-state index in [0.29, 0.717) is 22.8 Å². The highest BCUT2D eigenvalue weighted by Gasteiger charge is 2.11. The molecule has 7 nitrogen and oxygen atoms in total. The molecule has 140 valence electrons. The first-order valence-electron chi connectivity index (χ1n) is 8.34. The Hall–Kier alpha value is -3.13. The van der Waals surface area contributed by atoms with E-state index in [1.807, 2.05) is 28.8 Å². The third kappa shape index (κ3) is 4.53. The molecule has 27 heavy (non-hydrogen) atoms. The molecule has 1 aromatic heterocycles. The maximum atomic E-state index is 12.3. The Labute approximate surface area is 161 Å². The number of benzene rings is 2. The number of carbonyl (C=O) groups is 1. The Balaban J connectivity index is 1.67. The largest absolute Gasteiger partial charge is 0.497 e. The number of methoxy groups -OCH3 is 2. The van der Waals surface area contributed by atoms with Crippen LogP contribution in [0.25, 0.3) is 11.4 Å². The van der Waals surface area contributed by atoms with E-state index in [1.54, 1.807) is 38.5 Å². The lowest BCUT2D eigenvalue weighted by molar-refractivity contribution is -0.116. The third-order valence-corrected chi connectivity index (χ3v) is 4.35. The van der Waals surface area contributed by atoms with Gasteiger partial charge in [-0.15, -0.1) is 0 Å². The van der Waals surface area contributed by atoms with Crippen LogP contribution in [-0.2, 0) is 11.3 Å². The van der Waals surface area contributed by atoms with Crippen LogP contribution in [0, 0.1) is 4.77 Å². The zero-order chi connectivity index (χ0) is 19.2. The maximum Gasteiger partial charge on any atom is 0.226 e. The number of aromatic amines is 1. The second kappa shape index (κ2) is 8.50. The van der Waals surface area contributed by atoms with E-state index in [0.717, 1.165) is 17.1 Å². The summed E-state index contributed by atoms with van der Waals surface area (Å²) in [6.07, 6.45) is 0.267. The average Bonchev–Trinajstić information content (AvgIpc) is 3.07. The quantitative estimate of drug-likeness (QED) is 0.608. The zero-order valence-electron chi connectivity index (χ0n) is 15.1. The van der Waals surface area contributed by atoms with Crippen LogP contribution in [0.2, 0.25) is 0 Å². The van der Waals surface area contributed by atoms with E-state index in [1.165, 1.54) is 0 Å². The predicted octanol–water partition coefficient (Wildman–Crippen LogP) is 3.65. The first-order valence-corrected chi connectivity index (χ1v) is 8.75. The Morgan fingerprint density at radius 2 is 1.67 bits per heavy atom. The predicted molar refractivity (Wildman–Crippen MR) is 106 cm³/mol. The van der Waals surface area contributed by atoms with Crippen molar-refractivity contribution in [2.45, 2.75) is 13.0 Å². The second-order valence-corrected chi connectivity index (χ2v) is 6.15. The summed E-state index contributed by atoms with van der Waals surface area (Å²) in [7, 11) is 3.22. The normalized spacial score (nSPS) is 10.4. The molecule has 0 unspecified atom stereocenters. The molecule has 3 rings (SSSR count). The SMILES string of the molecule is COc1ccc(NC(=O)CCn2c(-c3ccc(OC)cc3)n[nH]c2=S)cc1. The molecule has 0 aliphatic carbocycles. The highest BCUT2D eigenvalue weighted by Crippen LogP contribution is 2.21. The van der Waals surface area contributed by atoms with E-state index in [-0.39, 0.29) is 12.3 Å². The number of hydrogen-bond acceptors (Lipinski definition) is 5. The van der Waals surface area contributed by atoms with Gasteiger partial charge in [-0.1, -0.05) is 0 Å². The third-order valence-electron chi connectivity index (χ3n) is 4.04. The van der Waals surface area contributed by atoms with E-state index in [4.69, 9.17) is 21.7 Å². The number of hydrogen-bond donors (Lipinski definition) is 2. The minimum absolute atomic E-state index is 0.107. The molecule has 0 aliphatic rings. The van der Waals surface area contributed by atoms with Crippen LogP contribution in [0.15, 0.2) is 48.5 Å². The van der Waals surface area contributed by atoms with Gasteiger partial charge in [-0.05, 0) is 60.7 Å². The minimum Gasteiger partial charge on any atom is -0.497 e. The summed E-state index contributed by atoms with van der Waals surface area (Å²) in [5.41, 5.74) is 1.60. The molecule has 8 heteroatoms. The van der Waals surface area contributed by atoms with E-state index in [9.17, 15) is 4.79 Å². The number of nitrogens with one attached hydrogen (secondary N) is 2. The van der Waals surface area contributed by atoms with Gasteiger partial charge in [0.25, 0.3) is 0 Å². The molecular formula is C19H20N4O3S. The van der Waals surface area contributed by atoms with E-state index < -0.39 is 0 Å². The molecule has 2 aromatic carbocycles. The lowest BCUT2D eigenvalue weighted by Gasteiger charge is -2.09. The van der Waals surface area contributed by atoms with Crippen molar-refractivity contribution in [1.82, 2.24) is 14.8 Å². The molecule has 1 amide bonds. The minimum atomic E-state index is -0.107. The number of rotatable bonds is 7. The topological polar surface area (TPSA) is 81.2 Å². The van der Waals surface area contributed by atoms with Gasteiger partial charge >= 0.3 is 0 Å². The van der Waals surface area contributed by atoms with Crippen LogP contribution < -0.4 is 14.8 Å². The molecule has 0 saturated carbocycles. The van der Waals surface area contributed by atoms with Crippen molar-refractivity contribution in [1.29, 1.82) is 0 Å². The molecule has 1 heterocycles. The van der Waals surface area contributed by atoms with Crippen molar-refractivity contribution < 1.29 is 14.3 Å². The molecular weight excluding hydrogens is 364 g/mol. The van der Waals surface area contributed by atoms with Gasteiger partial charge in [0.15, 0.2) is 10.6 Å². The van der Waals surface area contributed by atoms with Gasteiger partial charge < -0.3 is 14.8 Å². The van der Waals surface area contributed by atoms with Gasteiger partial charge in [-0.3, -0.25) is 14.5 Å². The Morgan fingerprint density at radius 3 is 2.26 bits per heavy atom. The maximum absolute atomic E-state index is 12.3. The summed E-state index contributed by atoms with van der Waals surface area (Å²) >= 11 is 5.31. The van der Waals surface area contributed by atoms with Crippen LogP contribution in [0.1, 0.15) is 6.42 Å². The Bertz CT molecular complexity index is 962. The first kappa shape index (κ1) is 18.7. The highest BCUT2D eigenvalue weighted by atomic mass is 32.1. The second-order valence-electron chi connectivity index (χ2n) is 5.76. The molecule has 2 N–H and O–H groups in total. The number of H-pyrrole nitrogens is 1. The van der Waals surface area contributed by atoms with Crippen molar-refractivity contribution in [3.63, 3.8) is 0 Å². The number of ether oxygens (including phenoxy) is 2. The molecule has 0 bridgehead atoms. The molecule has 0 spiro atoms. The number of carbonyl (C=O) groups excluding carboxylic acids is 1. The zero-order valence-corrected chi connectivity index (χ0v) is 15.9. The summed E-state index contributed by atoms with van der Waals surface area (Å²) in [6.45, 7) is 0.415. The molecule has 0 aliphatic heterocycles. The Morgan fingerprint density at radius 1 is 1.07 bits per heavy atom. The van der Waals surface area contributed by atoms with Crippen molar-refractivity contribution in [3.8, 4) is 22.9 Å². The number of anilines is 1. The van der Waals surface area contributed by atoms with Gasteiger partial charge in [0.2, 0.25) is 5.91 Å². The lowest BCUT2D eigenvalue weighted by atomic mass is 10.2.